The summed E-state index contributed by atoms with van der Waals surface area (Å²) in [4.78, 5) is 28.1. The van der Waals surface area contributed by atoms with E-state index >= 15 is 0 Å². The van der Waals surface area contributed by atoms with Gasteiger partial charge in [0.05, 0.1) is 31.0 Å². The molecule has 9 nitrogen and oxygen atoms in total. The molecule has 1 atom stereocenters. The van der Waals surface area contributed by atoms with Crippen molar-refractivity contribution in [2.24, 2.45) is 5.92 Å². The van der Waals surface area contributed by atoms with Gasteiger partial charge in [-0.15, -0.1) is 0 Å². The maximum Gasteiger partial charge on any atom is 0.255 e. The smallest absolute Gasteiger partial charge is 0.255 e. The Hall–Kier alpha value is -3.53. The summed E-state index contributed by atoms with van der Waals surface area (Å²) in [7, 11) is 1.43. The fourth-order valence-electron chi connectivity index (χ4n) is 5.38. The second-order valence-electron chi connectivity index (χ2n) is 10.4. The lowest BCUT2D eigenvalue weighted by Gasteiger charge is -2.32. The Morgan fingerprint density at radius 1 is 1.05 bits per heavy atom. The standard InChI is InChI=1S/C28H35FN4O5/c1-15-25(28(36)33-18-7-5-17(6-8-18)32-24(35)13-34)27-19(9-10-30-27)26(31-15)20-11-21(29)23(37-2)12-22(20)38-14-16-3-4-16/h9-12,16-18,26,30-31,34H,3-8,13-14H2,1-2H3,(H,32,35)(H,33,36). The van der Waals surface area contributed by atoms with Crippen LogP contribution in [0.1, 0.15) is 68.3 Å². The number of hydrogen-bond acceptors (Lipinski definition) is 6. The zero-order valence-electron chi connectivity index (χ0n) is 21.7. The number of H-pyrrole nitrogens is 1. The number of ether oxygens (including phenoxy) is 2. The van der Waals surface area contributed by atoms with Gasteiger partial charge in [-0.1, -0.05) is 0 Å². The minimum atomic E-state index is -0.520. The zero-order chi connectivity index (χ0) is 26.8. The summed E-state index contributed by atoms with van der Waals surface area (Å²) in [5.41, 5.74) is 3.36. The second-order valence-corrected chi connectivity index (χ2v) is 10.4. The molecule has 204 valence electrons. The van der Waals surface area contributed by atoms with Crippen molar-refractivity contribution < 1.29 is 28.6 Å². The lowest BCUT2D eigenvalue weighted by atomic mass is 9.89. The van der Waals surface area contributed by atoms with Crippen LogP contribution in [0.5, 0.6) is 11.5 Å². The monoisotopic (exact) mass is 526 g/mol. The largest absolute Gasteiger partial charge is 0.494 e. The molecule has 38 heavy (non-hydrogen) atoms. The summed E-state index contributed by atoms with van der Waals surface area (Å²) in [6, 6.07) is 4.53. The average molecular weight is 527 g/mol. The fraction of sp³-hybridized carbons (Fsp3) is 0.500. The summed E-state index contributed by atoms with van der Waals surface area (Å²) < 4.78 is 26.2. The highest BCUT2D eigenvalue weighted by Crippen LogP contribution is 2.41. The third-order valence-electron chi connectivity index (χ3n) is 7.64. The van der Waals surface area contributed by atoms with Crippen molar-refractivity contribution in [3.8, 4) is 11.5 Å². The molecule has 1 aliphatic heterocycles. The molecule has 0 bridgehead atoms. The summed E-state index contributed by atoms with van der Waals surface area (Å²) in [5.74, 6) is 0.174. The number of halogens is 1. The van der Waals surface area contributed by atoms with Crippen molar-refractivity contribution in [3.05, 3.63) is 52.7 Å². The molecule has 1 aromatic carbocycles. The van der Waals surface area contributed by atoms with Crippen LogP contribution < -0.4 is 25.4 Å². The predicted molar refractivity (Wildman–Crippen MR) is 139 cm³/mol. The van der Waals surface area contributed by atoms with E-state index in [0.717, 1.165) is 44.1 Å². The Bertz CT molecular complexity index is 1230. The molecule has 2 fully saturated rings. The van der Waals surface area contributed by atoms with Crippen LogP contribution in [-0.4, -0.2) is 54.3 Å². The number of benzene rings is 1. The number of hydrogen-bond donors (Lipinski definition) is 5. The number of rotatable bonds is 9. The van der Waals surface area contributed by atoms with E-state index in [9.17, 15) is 14.0 Å². The first-order chi connectivity index (χ1) is 18.4. The second kappa shape index (κ2) is 11.1. The number of fused-ring (bicyclic) bond motifs is 1. The number of allylic oxidation sites excluding steroid dienone is 1. The van der Waals surface area contributed by atoms with Crippen LogP contribution in [0.3, 0.4) is 0 Å². The van der Waals surface area contributed by atoms with Gasteiger partial charge in [0.15, 0.2) is 11.6 Å². The lowest BCUT2D eigenvalue weighted by Crippen LogP contribution is -2.45. The number of aromatic amines is 1. The molecule has 0 spiro atoms. The maximum atomic E-state index is 14.9. The Morgan fingerprint density at radius 3 is 2.42 bits per heavy atom. The third-order valence-corrected chi connectivity index (χ3v) is 7.64. The number of aliphatic hydroxyl groups is 1. The number of aliphatic hydroxyl groups excluding tert-OH is 1. The van der Waals surface area contributed by atoms with E-state index in [2.05, 4.69) is 20.9 Å². The van der Waals surface area contributed by atoms with Crippen molar-refractivity contribution in [2.75, 3.05) is 20.3 Å². The molecule has 1 unspecified atom stereocenters. The molecule has 5 rings (SSSR count). The number of carbonyl (C=O) groups excluding carboxylic acids is 2. The molecule has 2 aromatic rings. The normalized spacial score (nSPS) is 22.8. The van der Waals surface area contributed by atoms with Gasteiger partial charge in [-0.25, -0.2) is 4.39 Å². The first-order valence-electron chi connectivity index (χ1n) is 13.2. The highest BCUT2D eigenvalue weighted by molar-refractivity contribution is 6.20. The molecule has 2 aliphatic carbocycles. The molecular weight excluding hydrogens is 491 g/mol. The summed E-state index contributed by atoms with van der Waals surface area (Å²) in [6.07, 6.45) is 6.98. The van der Waals surface area contributed by atoms with E-state index in [1.807, 2.05) is 13.0 Å². The Labute approximate surface area is 221 Å². The molecule has 2 saturated carbocycles. The van der Waals surface area contributed by atoms with Crippen LogP contribution in [-0.2, 0) is 9.59 Å². The minimum absolute atomic E-state index is 0.0112. The minimum Gasteiger partial charge on any atom is -0.494 e. The number of amides is 2. The lowest BCUT2D eigenvalue weighted by molar-refractivity contribution is -0.125. The van der Waals surface area contributed by atoms with E-state index in [1.54, 1.807) is 12.3 Å². The molecule has 10 heteroatoms. The van der Waals surface area contributed by atoms with Gasteiger partial charge in [0.2, 0.25) is 5.91 Å². The van der Waals surface area contributed by atoms with Crippen LogP contribution in [0.4, 0.5) is 4.39 Å². The van der Waals surface area contributed by atoms with Crippen LogP contribution >= 0.6 is 0 Å². The van der Waals surface area contributed by atoms with Crippen LogP contribution in [0.25, 0.3) is 5.57 Å². The van der Waals surface area contributed by atoms with Gasteiger partial charge in [0.25, 0.3) is 5.91 Å². The SMILES string of the molecule is COc1cc(OCC2CC2)c(C2NC(C)=C(C(=O)NC3CCC(NC(=O)CO)CC3)c3[nH]ccc32)cc1F. The van der Waals surface area contributed by atoms with Crippen molar-refractivity contribution in [3.63, 3.8) is 0 Å². The molecule has 5 N–H and O–H groups in total. The van der Waals surface area contributed by atoms with E-state index < -0.39 is 18.5 Å². The molecule has 3 aliphatic rings. The van der Waals surface area contributed by atoms with Gasteiger partial charge in [-0.2, -0.15) is 0 Å². The fourth-order valence-corrected chi connectivity index (χ4v) is 5.38. The van der Waals surface area contributed by atoms with Crippen LogP contribution in [0.15, 0.2) is 30.1 Å². The van der Waals surface area contributed by atoms with E-state index in [4.69, 9.17) is 14.6 Å². The number of aromatic nitrogens is 1. The first kappa shape index (κ1) is 26.1. The highest BCUT2D eigenvalue weighted by atomic mass is 19.1. The average Bonchev–Trinajstić information content (AvgIpc) is 3.62. The van der Waals surface area contributed by atoms with Gasteiger partial charge in [-0.3, -0.25) is 9.59 Å². The van der Waals surface area contributed by atoms with Crippen molar-refractivity contribution in [2.45, 2.75) is 63.6 Å². The molecule has 1 aromatic heterocycles. The molecule has 0 saturated heterocycles. The topological polar surface area (TPSA) is 125 Å². The zero-order valence-corrected chi connectivity index (χ0v) is 21.7. The molecule has 0 radical (unpaired) electrons. The van der Waals surface area contributed by atoms with Gasteiger partial charge in [0.1, 0.15) is 12.4 Å². The van der Waals surface area contributed by atoms with Crippen molar-refractivity contribution >= 4 is 17.4 Å². The Balaban J connectivity index is 1.34. The van der Waals surface area contributed by atoms with Gasteiger partial charge < -0.3 is 35.5 Å². The highest BCUT2D eigenvalue weighted by Gasteiger charge is 2.34. The Kier molecular flexibility index (Phi) is 7.60. The van der Waals surface area contributed by atoms with E-state index in [1.165, 1.54) is 13.2 Å². The quantitative estimate of drug-likeness (QED) is 0.342. The van der Waals surface area contributed by atoms with Gasteiger partial charge >= 0.3 is 0 Å². The van der Waals surface area contributed by atoms with Gasteiger partial charge in [0, 0.05) is 41.2 Å². The van der Waals surface area contributed by atoms with Crippen LogP contribution in [0.2, 0.25) is 0 Å². The summed E-state index contributed by atoms with van der Waals surface area (Å²) >= 11 is 0. The number of carbonyl (C=O) groups is 2. The summed E-state index contributed by atoms with van der Waals surface area (Å²) in [5, 5.41) is 18.3. The number of methoxy groups -OCH3 is 1. The summed E-state index contributed by atoms with van der Waals surface area (Å²) in [6.45, 7) is 1.90. The molecule has 2 amide bonds. The maximum absolute atomic E-state index is 14.9. The van der Waals surface area contributed by atoms with E-state index in [0.29, 0.717) is 40.8 Å². The number of nitrogens with one attached hydrogen (secondary N) is 4. The van der Waals surface area contributed by atoms with Crippen molar-refractivity contribution in [1.82, 2.24) is 20.9 Å². The van der Waals surface area contributed by atoms with E-state index in [-0.39, 0.29) is 29.6 Å². The van der Waals surface area contributed by atoms with Crippen LogP contribution in [0, 0.1) is 11.7 Å². The van der Waals surface area contributed by atoms with Crippen molar-refractivity contribution in [1.29, 1.82) is 0 Å². The molecule has 2 heterocycles. The first-order valence-corrected chi connectivity index (χ1v) is 13.2. The Morgan fingerprint density at radius 2 is 1.76 bits per heavy atom. The third kappa shape index (κ3) is 5.50. The molecular formula is C28H35FN4O5. The predicted octanol–water partition coefficient (Wildman–Crippen LogP) is 2.91. The van der Waals surface area contributed by atoms with Gasteiger partial charge in [-0.05, 0) is 63.5 Å².